The second-order valence-corrected chi connectivity index (χ2v) is 5.04. The summed E-state index contributed by atoms with van der Waals surface area (Å²) in [6.45, 7) is 4.07. The van der Waals surface area contributed by atoms with Gasteiger partial charge in [0.2, 0.25) is 0 Å². The average molecular weight is 280 g/mol. The van der Waals surface area contributed by atoms with Crippen molar-refractivity contribution >= 4 is 6.09 Å². The molecule has 4 nitrogen and oxygen atoms in total. The number of amides is 1. The molecule has 0 saturated carbocycles. The molecule has 1 amide bonds. The molecule has 1 heterocycles. The van der Waals surface area contributed by atoms with Crippen molar-refractivity contribution in [2.45, 2.75) is 31.8 Å². The van der Waals surface area contributed by atoms with E-state index >= 15 is 0 Å². The molecule has 2 N–H and O–H groups in total. The average Bonchev–Trinajstić information content (AvgIpc) is 2.88. The molecule has 1 aromatic rings. The molecule has 0 aromatic heterocycles. The zero-order valence-electron chi connectivity index (χ0n) is 11.7. The predicted octanol–water partition coefficient (Wildman–Crippen LogP) is 2.41. The van der Waals surface area contributed by atoms with Crippen molar-refractivity contribution in [1.29, 1.82) is 0 Å². The summed E-state index contributed by atoms with van der Waals surface area (Å²) in [7, 11) is 0. The fourth-order valence-electron chi connectivity index (χ4n) is 2.37. The first kappa shape index (κ1) is 14.8. The molecule has 0 bridgehead atoms. The van der Waals surface area contributed by atoms with Gasteiger partial charge >= 0.3 is 6.09 Å². The summed E-state index contributed by atoms with van der Waals surface area (Å²) in [5.74, 6) is -0.179. The molecule has 0 spiro atoms. The zero-order chi connectivity index (χ0) is 14.4. The van der Waals surface area contributed by atoms with Crippen molar-refractivity contribution in [3.05, 3.63) is 35.6 Å². The van der Waals surface area contributed by atoms with E-state index in [-0.39, 0.29) is 23.9 Å². The standard InChI is InChI=1S/C15H21FN2O2/c1-2-3-8-18-15(19)20-14-10-17-9-13(14)11-4-6-12(16)7-5-11/h4-7,13-14,17H,2-3,8-10H2,1H3,(H,18,19)/t13-,14+/m1/s1. The molecular formula is C15H21FN2O2. The molecule has 110 valence electrons. The first-order valence-electron chi connectivity index (χ1n) is 7.11. The van der Waals surface area contributed by atoms with E-state index in [1.807, 2.05) is 0 Å². The summed E-state index contributed by atoms with van der Waals surface area (Å²) in [6, 6.07) is 6.37. The van der Waals surface area contributed by atoms with E-state index in [1.54, 1.807) is 12.1 Å². The summed E-state index contributed by atoms with van der Waals surface area (Å²) >= 11 is 0. The molecular weight excluding hydrogens is 259 g/mol. The number of carbonyl (C=O) groups is 1. The van der Waals surface area contributed by atoms with Crippen LogP contribution in [0.5, 0.6) is 0 Å². The van der Waals surface area contributed by atoms with Crippen LogP contribution in [0.15, 0.2) is 24.3 Å². The van der Waals surface area contributed by atoms with E-state index in [0.717, 1.165) is 24.9 Å². The van der Waals surface area contributed by atoms with Crippen LogP contribution in [0.2, 0.25) is 0 Å². The third kappa shape index (κ3) is 3.93. The Kier molecular flexibility index (Phi) is 5.35. The molecule has 2 rings (SSSR count). The molecule has 1 aliphatic heterocycles. The van der Waals surface area contributed by atoms with Crippen molar-refractivity contribution in [1.82, 2.24) is 10.6 Å². The highest BCUT2D eigenvalue weighted by molar-refractivity contribution is 5.67. The van der Waals surface area contributed by atoms with E-state index in [2.05, 4.69) is 17.6 Å². The van der Waals surface area contributed by atoms with Gasteiger partial charge in [0.25, 0.3) is 0 Å². The SMILES string of the molecule is CCCCNC(=O)O[C@H]1CNC[C@@H]1c1ccc(F)cc1. The van der Waals surface area contributed by atoms with Gasteiger partial charge in [0.05, 0.1) is 0 Å². The van der Waals surface area contributed by atoms with Crippen molar-refractivity contribution < 1.29 is 13.9 Å². The number of carbonyl (C=O) groups excluding carboxylic acids is 1. The Morgan fingerprint density at radius 3 is 2.85 bits per heavy atom. The van der Waals surface area contributed by atoms with E-state index in [1.165, 1.54) is 12.1 Å². The molecule has 1 aromatic carbocycles. The number of hydrogen-bond donors (Lipinski definition) is 2. The molecule has 1 saturated heterocycles. The Hall–Kier alpha value is -1.62. The maximum absolute atomic E-state index is 12.9. The first-order valence-corrected chi connectivity index (χ1v) is 7.11. The molecule has 2 atom stereocenters. The maximum atomic E-state index is 12.9. The lowest BCUT2D eigenvalue weighted by Crippen LogP contribution is -2.32. The smallest absolute Gasteiger partial charge is 0.407 e. The van der Waals surface area contributed by atoms with Crippen LogP contribution in [-0.4, -0.2) is 31.8 Å². The number of benzene rings is 1. The summed E-state index contributed by atoms with van der Waals surface area (Å²) in [6.07, 6.45) is 1.39. The largest absolute Gasteiger partial charge is 0.444 e. The van der Waals surface area contributed by atoms with Crippen LogP contribution in [-0.2, 0) is 4.74 Å². The van der Waals surface area contributed by atoms with Gasteiger partial charge in [-0.15, -0.1) is 0 Å². The molecule has 1 fully saturated rings. The van der Waals surface area contributed by atoms with Gasteiger partial charge in [-0.1, -0.05) is 25.5 Å². The lowest BCUT2D eigenvalue weighted by Gasteiger charge is -2.19. The van der Waals surface area contributed by atoms with E-state index in [4.69, 9.17) is 4.74 Å². The topological polar surface area (TPSA) is 50.4 Å². The van der Waals surface area contributed by atoms with Crippen molar-refractivity contribution in [3.63, 3.8) is 0 Å². The minimum Gasteiger partial charge on any atom is -0.444 e. The number of unbranched alkanes of at least 4 members (excludes halogenated alkanes) is 1. The van der Waals surface area contributed by atoms with Gasteiger partial charge in [-0.05, 0) is 24.1 Å². The summed E-state index contributed by atoms with van der Waals surface area (Å²) in [5.41, 5.74) is 0.989. The van der Waals surface area contributed by atoms with Crippen LogP contribution in [0.4, 0.5) is 9.18 Å². The summed E-state index contributed by atoms with van der Waals surface area (Å²) < 4.78 is 18.4. The van der Waals surface area contributed by atoms with Crippen molar-refractivity contribution in [2.24, 2.45) is 0 Å². The maximum Gasteiger partial charge on any atom is 0.407 e. The van der Waals surface area contributed by atoms with Gasteiger partial charge in [0.15, 0.2) is 0 Å². The van der Waals surface area contributed by atoms with Crippen LogP contribution in [0.25, 0.3) is 0 Å². The minimum atomic E-state index is -0.376. The number of halogens is 1. The van der Waals surface area contributed by atoms with Gasteiger partial charge in [0, 0.05) is 25.6 Å². The monoisotopic (exact) mass is 280 g/mol. The van der Waals surface area contributed by atoms with E-state index in [0.29, 0.717) is 13.1 Å². The van der Waals surface area contributed by atoms with Crippen molar-refractivity contribution in [2.75, 3.05) is 19.6 Å². The number of rotatable bonds is 5. The van der Waals surface area contributed by atoms with Gasteiger partial charge in [0.1, 0.15) is 11.9 Å². The number of nitrogens with one attached hydrogen (secondary N) is 2. The lowest BCUT2D eigenvalue weighted by atomic mass is 9.96. The van der Waals surface area contributed by atoms with Crippen molar-refractivity contribution in [3.8, 4) is 0 Å². The zero-order valence-corrected chi connectivity index (χ0v) is 11.7. The second-order valence-electron chi connectivity index (χ2n) is 5.04. The van der Waals surface area contributed by atoms with Crippen LogP contribution in [0.3, 0.4) is 0 Å². The van der Waals surface area contributed by atoms with Gasteiger partial charge < -0.3 is 15.4 Å². The normalized spacial score (nSPS) is 21.7. The minimum absolute atomic E-state index is 0.0764. The highest BCUT2D eigenvalue weighted by atomic mass is 19.1. The van der Waals surface area contributed by atoms with E-state index < -0.39 is 0 Å². The molecule has 5 heteroatoms. The predicted molar refractivity (Wildman–Crippen MR) is 75.2 cm³/mol. The van der Waals surface area contributed by atoms with Crippen LogP contribution < -0.4 is 10.6 Å². The third-order valence-corrected chi connectivity index (χ3v) is 3.51. The highest BCUT2D eigenvalue weighted by Gasteiger charge is 2.31. The molecule has 1 aliphatic rings. The Balaban J connectivity index is 1.90. The molecule has 20 heavy (non-hydrogen) atoms. The highest BCUT2D eigenvalue weighted by Crippen LogP contribution is 2.25. The van der Waals surface area contributed by atoms with Crippen LogP contribution >= 0.6 is 0 Å². The Morgan fingerprint density at radius 1 is 1.40 bits per heavy atom. The Labute approximate surface area is 118 Å². The number of hydrogen-bond acceptors (Lipinski definition) is 3. The van der Waals surface area contributed by atoms with Gasteiger partial charge in [-0.3, -0.25) is 0 Å². The van der Waals surface area contributed by atoms with E-state index in [9.17, 15) is 9.18 Å². The molecule has 0 radical (unpaired) electrons. The summed E-state index contributed by atoms with van der Waals surface area (Å²) in [4.78, 5) is 11.7. The number of alkyl carbamates (subject to hydrolysis) is 1. The fraction of sp³-hybridized carbons (Fsp3) is 0.533. The Morgan fingerprint density at radius 2 is 2.15 bits per heavy atom. The number of ether oxygens (including phenoxy) is 1. The lowest BCUT2D eigenvalue weighted by molar-refractivity contribution is 0.0987. The molecule has 0 aliphatic carbocycles. The van der Waals surface area contributed by atoms with Gasteiger partial charge in [-0.25, -0.2) is 9.18 Å². The molecule has 0 unspecified atom stereocenters. The first-order chi connectivity index (χ1) is 9.70. The fourth-order valence-corrected chi connectivity index (χ4v) is 2.37. The van der Waals surface area contributed by atoms with Crippen LogP contribution in [0, 0.1) is 5.82 Å². The van der Waals surface area contributed by atoms with Gasteiger partial charge in [-0.2, -0.15) is 0 Å². The van der Waals surface area contributed by atoms with Crippen LogP contribution in [0.1, 0.15) is 31.2 Å². The second kappa shape index (κ2) is 7.24. The third-order valence-electron chi connectivity index (χ3n) is 3.51. The quantitative estimate of drug-likeness (QED) is 0.814. The summed E-state index contributed by atoms with van der Waals surface area (Å²) in [5, 5.41) is 5.95. The Bertz CT molecular complexity index is 436.